The number of nitrogens with one attached hydrogen (secondary N) is 1. The average molecular weight is 247 g/mol. The molecule has 0 aromatic heterocycles. The summed E-state index contributed by atoms with van der Waals surface area (Å²) in [6, 6.07) is 6.05. The molecular formula is C15H21NO2. The molecule has 0 aliphatic carbocycles. The van der Waals surface area contributed by atoms with Gasteiger partial charge in [-0.1, -0.05) is 26.3 Å². The van der Waals surface area contributed by atoms with Crippen LogP contribution in [-0.4, -0.2) is 12.5 Å². The van der Waals surface area contributed by atoms with E-state index in [1.165, 1.54) is 5.56 Å². The monoisotopic (exact) mass is 247 g/mol. The number of hydrogen-bond donors (Lipinski definition) is 1. The van der Waals surface area contributed by atoms with Crippen LogP contribution in [0.2, 0.25) is 0 Å². The van der Waals surface area contributed by atoms with Crippen LogP contribution in [0.5, 0.6) is 5.75 Å². The summed E-state index contributed by atoms with van der Waals surface area (Å²) in [5.41, 5.74) is 2.16. The maximum Gasteiger partial charge on any atom is 0.224 e. The lowest BCUT2D eigenvalue weighted by Crippen LogP contribution is -2.22. The summed E-state index contributed by atoms with van der Waals surface area (Å²) in [4.78, 5) is 11.6. The van der Waals surface area contributed by atoms with E-state index in [1.807, 2.05) is 12.1 Å². The zero-order valence-corrected chi connectivity index (χ0v) is 11.2. The highest BCUT2D eigenvalue weighted by Gasteiger charge is 2.23. The fraction of sp³-hybridized carbons (Fsp3) is 0.533. The molecule has 18 heavy (non-hydrogen) atoms. The number of ether oxygens (including phenoxy) is 1. The fourth-order valence-corrected chi connectivity index (χ4v) is 2.32. The van der Waals surface area contributed by atoms with Crippen molar-refractivity contribution in [1.29, 1.82) is 0 Å². The number of rotatable bonds is 5. The van der Waals surface area contributed by atoms with Gasteiger partial charge in [0.05, 0.1) is 6.61 Å². The molecule has 3 nitrogen and oxygen atoms in total. The first-order valence-corrected chi connectivity index (χ1v) is 6.81. The number of amides is 1. The van der Waals surface area contributed by atoms with Crippen molar-refractivity contribution < 1.29 is 9.53 Å². The summed E-state index contributed by atoms with van der Waals surface area (Å²) in [5, 5.41) is 2.94. The van der Waals surface area contributed by atoms with Crippen LogP contribution in [0.15, 0.2) is 18.2 Å². The van der Waals surface area contributed by atoms with Crippen LogP contribution in [0.3, 0.4) is 0 Å². The van der Waals surface area contributed by atoms with E-state index in [1.54, 1.807) is 0 Å². The van der Waals surface area contributed by atoms with Gasteiger partial charge in [-0.3, -0.25) is 4.79 Å². The number of unbranched alkanes of at least 4 members (excludes halogenated alkanes) is 1. The average Bonchev–Trinajstić information content (AvgIpc) is 2.37. The molecule has 1 N–H and O–H groups in total. The molecule has 3 heteroatoms. The van der Waals surface area contributed by atoms with E-state index in [2.05, 4.69) is 25.2 Å². The Morgan fingerprint density at radius 3 is 2.94 bits per heavy atom. The second-order valence-corrected chi connectivity index (χ2v) is 4.81. The minimum Gasteiger partial charge on any atom is -0.494 e. The molecule has 1 unspecified atom stereocenters. The molecule has 0 saturated heterocycles. The molecule has 1 aromatic carbocycles. The third-order valence-corrected chi connectivity index (χ3v) is 3.43. The Morgan fingerprint density at radius 1 is 1.39 bits per heavy atom. The zero-order chi connectivity index (χ0) is 13.0. The van der Waals surface area contributed by atoms with Crippen molar-refractivity contribution in [2.24, 2.45) is 0 Å². The lowest BCUT2D eigenvalue weighted by atomic mass is 9.88. The van der Waals surface area contributed by atoms with Crippen molar-refractivity contribution in [3.63, 3.8) is 0 Å². The molecular weight excluding hydrogens is 226 g/mol. The highest BCUT2D eigenvalue weighted by atomic mass is 16.5. The standard InChI is InChI=1S/C15H21NO2/c1-3-5-8-18-12-6-7-13-11(4-2)9-15(17)16-14(13)10-12/h6-7,10-11H,3-5,8-9H2,1-2H3,(H,16,17). The molecule has 0 bridgehead atoms. The predicted molar refractivity (Wildman–Crippen MR) is 73.1 cm³/mol. The Balaban J connectivity index is 2.15. The van der Waals surface area contributed by atoms with Crippen molar-refractivity contribution in [2.45, 2.75) is 45.4 Å². The Hall–Kier alpha value is -1.51. The number of hydrogen-bond acceptors (Lipinski definition) is 2. The maximum absolute atomic E-state index is 11.6. The number of carbonyl (C=O) groups excluding carboxylic acids is 1. The molecule has 1 aliphatic heterocycles. The van der Waals surface area contributed by atoms with Gasteiger partial charge in [0.2, 0.25) is 5.91 Å². The first-order chi connectivity index (χ1) is 8.74. The molecule has 0 radical (unpaired) electrons. The first-order valence-electron chi connectivity index (χ1n) is 6.81. The Kier molecular flexibility index (Phi) is 4.24. The maximum atomic E-state index is 11.6. The zero-order valence-electron chi connectivity index (χ0n) is 11.2. The van der Waals surface area contributed by atoms with Crippen LogP contribution in [-0.2, 0) is 4.79 Å². The molecule has 1 aromatic rings. The molecule has 1 aliphatic rings. The number of fused-ring (bicyclic) bond motifs is 1. The van der Waals surface area contributed by atoms with Crippen molar-refractivity contribution in [1.82, 2.24) is 0 Å². The number of carbonyl (C=O) groups is 1. The van der Waals surface area contributed by atoms with Crippen LogP contribution in [0.25, 0.3) is 0 Å². The SMILES string of the molecule is CCCCOc1ccc2c(c1)NC(=O)CC2CC. The molecule has 1 heterocycles. The molecule has 0 fully saturated rings. The van der Waals surface area contributed by atoms with Gasteiger partial charge in [0.25, 0.3) is 0 Å². The predicted octanol–water partition coefficient (Wildman–Crippen LogP) is 3.70. The van der Waals surface area contributed by atoms with E-state index in [4.69, 9.17) is 4.74 Å². The number of benzene rings is 1. The van der Waals surface area contributed by atoms with Gasteiger partial charge >= 0.3 is 0 Å². The Labute approximate surface area is 109 Å². The van der Waals surface area contributed by atoms with Gasteiger partial charge in [0, 0.05) is 18.2 Å². The summed E-state index contributed by atoms with van der Waals surface area (Å²) in [6.07, 6.45) is 3.77. The molecule has 1 atom stereocenters. The van der Waals surface area contributed by atoms with E-state index in [0.717, 1.165) is 37.3 Å². The summed E-state index contributed by atoms with van der Waals surface area (Å²) in [6.45, 7) is 5.00. The van der Waals surface area contributed by atoms with E-state index >= 15 is 0 Å². The summed E-state index contributed by atoms with van der Waals surface area (Å²) < 4.78 is 5.67. The van der Waals surface area contributed by atoms with Crippen molar-refractivity contribution >= 4 is 11.6 Å². The quantitative estimate of drug-likeness (QED) is 0.806. The minimum absolute atomic E-state index is 0.111. The lowest BCUT2D eigenvalue weighted by molar-refractivity contribution is -0.116. The normalized spacial score (nSPS) is 18.1. The molecule has 2 rings (SSSR count). The van der Waals surface area contributed by atoms with Crippen LogP contribution in [0, 0.1) is 0 Å². The lowest BCUT2D eigenvalue weighted by Gasteiger charge is -2.25. The molecule has 0 spiro atoms. The first kappa shape index (κ1) is 12.9. The van der Waals surface area contributed by atoms with Gasteiger partial charge in [0.15, 0.2) is 0 Å². The highest BCUT2D eigenvalue weighted by molar-refractivity contribution is 5.95. The largest absolute Gasteiger partial charge is 0.494 e. The van der Waals surface area contributed by atoms with Gasteiger partial charge < -0.3 is 10.1 Å². The van der Waals surface area contributed by atoms with Gasteiger partial charge in [-0.15, -0.1) is 0 Å². The highest BCUT2D eigenvalue weighted by Crippen LogP contribution is 2.36. The van der Waals surface area contributed by atoms with Crippen LogP contribution in [0.4, 0.5) is 5.69 Å². The van der Waals surface area contributed by atoms with Crippen molar-refractivity contribution in [3.8, 4) is 5.75 Å². The van der Waals surface area contributed by atoms with Crippen LogP contribution < -0.4 is 10.1 Å². The summed E-state index contributed by atoms with van der Waals surface area (Å²) >= 11 is 0. The molecule has 0 saturated carbocycles. The summed E-state index contributed by atoms with van der Waals surface area (Å²) in [7, 11) is 0. The molecule has 1 amide bonds. The van der Waals surface area contributed by atoms with E-state index in [9.17, 15) is 4.79 Å². The van der Waals surface area contributed by atoms with Crippen molar-refractivity contribution in [2.75, 3.05) is 11.9 Å². The topological polar surface area (TPSA) is 38.3 Å². The van der Waals surface area contributed by atoms with Crippen molar-refractivity contribution in [3.05, 3.63) is 23.8 Å². The van der Waals surface area contributed by atoms with E-state index in [-0.39, 0.29) is 5.91 Å². The fourth-order valence-electron chi connectivity index (χ4n) is 2.32. The Bertz CT molecular complexity index is 429. The third kappa shape index (κ3) is 2.84. The smallest absolute Gasteiger partial charge is 0.224 e. The second-order valence-electron chi connectivity index (χ2n) is 4.81. The second kappa shape index (κ2) is 5.89. The van der Waals surface area contributed by atoms with Crippen LogP contribution in [0.1, 0.15) is 51.0 Å². The van der Waals surface area contributed by atoms with E-state index < -0.39 is 0 Å². The number of anilines is 1. The third-order valence-electron chi connectivity index (χ3n) is 3.43. The van der Waals surface area contributed by atoms with E-state index in [0.29, 0.717) is 12.3 Å². The molecule has 98 valence electrons. The van der Waals surface area contributed by atoms with Gasteiger partial charge in [-0.2, -0.15) is 0 Å². The van der Waals surface area contributed by atoms with Gasteiger partial charge in [0.1, 0.15) is 5.75 Å². The van der Waals surface area contributed by atoms with Gasteiger partial charge in [-0.05, 0) is 30.4 Å². The van der Waals surface area contributed by atoms with Gasteiger partial charge in [-0.25, -0.2) is 0 Å². The minimum atomic E-state index is 0.111. The Morgan fingerprint density at radius 2 is 2.22 bits per heavy atom. The van der Waals surface area contributed by atoms with Crippen LogP contribution >= 0.6 is 0 Å². The summed E-state index contributed by atoms with van der Waals surface area (Å²) in [5.74, 6) is 1.30.